The number of aromatic nitrogens is 1. The highest BCUT2D eigenvalue weighted by Gasteiger charge is 2.54. The van der Waals surface area contributed by atoms with Gasteiger partial charge in [-0.2, -0.15) is 0 Å². The molecule has 3 N–H and O–H groups in total. The number of Topliss-reactive ketones (excluding diaryl/α,β-unsaturated/α-hetero) is 1. The predicted octanol–water partition coefficient (Wildman–Crippen LogP) is 4.75. The molecule has 0 radical (unpaired) electrons. The minimum atomic E-state index is -1.54. The van der Waals surface area contributed by atoms with E-state index in [1.165, 1.54) is 12.1 Å². The van der Waals surface area contributed by atoms with Crippen molar-refractivity contribution in [3.05, 3.63) is 113 Å². The second-order valence-corrected chi connectivity index (χ2v) is 9.20. The molecule has 1 fully saturated rings. The number of amides is 5. The fraction of sp³-hybridized carbons (Fsp3) is 0.138. The third-order valence-electron chi connectivity index (χ3n) is 6.62. The molecule has 1 aliphatic rings. The Morgan fingerprint density at radius 3 is 2.12 bits per heavy atom. The zero-order chi connectivity index (χ0) is 28.4. The molecule has 3 aromatic carbocycles. The van der Waals surface area contributed by atoms with Crippen LogP contribution in [0.15, 0.2) is 83.4 Å². The fourth-order valence-corrected chi connectivity index (χ4v) is 4.64. The van der Waals surface area contributed by atoms with Gasteiger partial charge in [-0.15, -0.1) is 0 Å². The number of nitrogens with one attached hydrogen (secondary N) is 3. The maximum atomic E-state index is 15.0. The monoisotopic (exact) mass is 541 g/mol. The molecule has 0 bridgehead atoms. The van der Waals surface area contributed by atoms with Crippen LogP contribution in [0, 0.1) is 19.7 Å². The Morgan fingerprint density at radius 2 is 1.57 bits per heavy atom. The van der Waals surface area contributed by atoms with Gasteiger partial charge in [0.25, 0.3) is 5.91 Å². The summed E-state index contributed by atoms with van der Waals surface area (Å²) in [4.78, 5) is 53.0. The zero-order valence-electron chi connectivity index (χ0n) is 21.5. The van der Waals surface area contributed by atoms with E-state index in [1.807, 2.05) is 0 Å². The number of nitrogens with zero attached hydrogens (tertiary/aromatic N) is 2. The number of hydrogen-bond donors (Lipinski definition) is 3. The average molecular weight is 542 g/mol. The molecule has 1 aromatic heterocycles. The molecule has 1 saturated heterocycles. The van der Waals surface area contributed by atoms with Crippen LogP contribution in [0.25, 0.3) is 0 Å². The van der Waals surface area contributed by atoms with Gasteiger partial charge >= 0.3 is 12.1 Å². The lowest BCUT2D eigenvalue weighted by Gasteiger charge is -2.28. The summed E-state index contributed by atoms with van der Waals surface area (Å²) in [5.41, 5.74) is 0.108. The van der Waals surface area contributed by atoms with Crippen molar-refractivity contribution in [1.82, 2.24) is 15.4 Å². The molecule has 2 heterocycles. The van der Waals surface area contributed by atoms with Gasteiger partial charge in [0.2, 0.25) is 0 Å². The quantitative estimate of drug-likeness (QED) is 0.228. The molecule has 0 spiro atoms. The number of aryl methyl sites for hydroxylation is 2. The predicted molar refractivity (Wildman–Crippen MR) is 143 cm³/mol. The van der Waals surface area contributed by atoms with Crippen LogP contribution in [0.3, 0.4) is 0 Å². The normalized spacial score (nSPS) is 14.1. The first kappa shape index (κ1) is 26.3. The molecule has 11 heteroatoms. The van der Waals surface area contributed by atoms with Gasteiger partial charge in [0.1, 0.15) is 17.2 Å². The van der Waals surface area contributed by atoms with Crippen LogP contribution in [0.2, 0.25) is 0 Å². The summed E-state index contributed by atoms with van der Waals surface area (Å²) in [7, 11) is 0. The maximum absolute atomic E-state index is 15.0. The van der Waals surface area contributed by atoms with E-state index in [-0.39, 0.29) is 11.3 Å². The van der Waals surface area contributed by atoms with E-state index in [2.05, 4.69) is 21.1 Å². The van der Waals surface area contributed by atoms with Crippen molar-refractivity contribution in [2.75, 3.05) is 17.2 Å². The first-order valence-corrected chi connectivity index (χ1v) is 12.3. The Kier molecular flexibility index (Phi) is 6.87. The summed E-state index contributed by atoms with van der Waals surface area (Å²) >= 11 is 0. The molecule has 202 valence electrons. The number of hydrogen-bond acceptors (Lipinski definition) is 6. The number of urea groups is 2. The number of ketones is 1. The third-order valence-corrected chi connectivity index (χ3v) is 6.62. The summed E-state index contributed by atoms with van der Waals surface area (Å²) in [6.07, 6.45) is 0. The number of anilines is 2. The Bertz CT molecular complexity index is 1560. The lowest BCUT2D eigenvalue weighted by molar-refractivity contribution is -0.129. The van der Waals surface area contributed by atoms with Gasteiger partial charge in [-0.1, -0.05) is 65.8 Å². The third kappa shape index (κ3) is 4.68. The van der Waals surface area contributed by atoms with Crippen molar-refractivity contribution in [3.63, 3.8) is 0 Å². The van der Waals surface area contributed by atoms with E-state index in [1.54, 1.807) is 74.5 Å². The molecule has 0 atom stereocenters. The molecule has 5 amide bonds. The van der Waals surface area contributed by atoms with E-state index in [4.69, 9.17) is 4.52 Å². The molecule has 0 unspecified atom stereocenters. The second-order valence-electron chi connectivity index (χ2n) is 9.20. The summed E-state index contributed by atoms with van der Waals surface area (Å²) < 4.78 is 20.0. The maximum Gasteiger partial charge on any atom is 0.325 e. The molecule has 4 aromatic rings. The van der Waals surface area contributed by atoms with Crippen LogP contribution in [0.5, 0.6) is 0 Å². The van der Waals surface area contributed by atoms with Crippen LogP contribution in [-0.4, -0.2) is 40.4 Å². The Morgan fingerprint density at radius 1 is 0.950 bits per heavy atom. The molecule has 0 aliphatic carbocycles. The van der Waals surface area contributed by atoms with Crippen molar-refractivity contribution < 1.29 is 28.1 Å². The van der Waals surface area contributed by atoms with Crippen molar-refractivity contribution >= 4 is 35.1 Å². The van der Waals surface area contributed by atoms with Gasteiger partial charge in [0, 0.05) is 5.69 Å². The number of carbonyl (C=O) groups is 4. The van der Waals surface area contributed by atoms with Gasteiger partial charge in [0.15, 0.2) is 17.1 Å². The van der Waals surface area contributed by atoms with Gasteiger partial charge < -0.3 is 20.5 Å². The van der Waals surface area contributed by atoms with Crippen LogP contribution in [-0.2, 0) is 10.3 Å². The summed E-state index contributed by atoms with van der Waals surface area (Å²) in [5.74, 6) is -1.96. The Hall–Kier alpha value is -5.32. The summed E-state index contributed by atoms with van der Waals surface area (Å²) in [6, 6.07) is 19.5. The number of halogens is 1. The number of benzene rings is 3. The largest absolute Gasteiger partial charge is 0.359 e. The minimum Gasteiger partial charge on any atom is -0.359 e. The van der Waals surface area contributed by atoms with Gasteiger partial charge in [-0.25, -0.2) is 14.0 Å². The average Bonchev–Trinajstić information content (AvgIpc) is 3.40. The minimum absolute atomic E-state index is 0.0838. The van der Waals surface area contributed by atoms with Crippen LogP contribution >= 0.6 is 0 Å². The molecule has 0 saturated carbocycles. The van der Waals surface area contributed by atoms with E-state index in [9.17, 15) is 23.6 Å². The van der Waals surface area contributed by atoms with Gasteiger partial charge in [-0.3, -0.25) is 14.5 Å². The van der Waals surface area contributed by atoms with Crippen molar-refractivity contribution in [1.29, 1.82) is 0 Å². The first-order valence-electron chi connectivity index (χ1n) is 12.3. The number of carbonyl (C=O) groups excluding carboxylic acids is 4. The smallest absolute Gasteiger partial charge is 0.325 e. The molecular weight excluding hydrogens is 517 g/mol. The van der Waals surface area contributed by atoms with Crippen molar-refractivity contribution in [2.24, 2.45) is 0 Å². The molecule has 40 heavy (non-hydrogen) atoms. The highest BCUT2D eigenvalue weighted by Crippen LogP contribution is 2.36. The standard InChI is InChI=1S/C29H24FN5O5/c1-17-25(18(2)40-34-17)32-27(38)31-21-13-14-22(23(30)15-21)24(36)16-35-26(37)29(33-28(35)39,19-9-5-3-6-10-19)20-11-7-4-8-12-20/h3-15H,16H2,1-2H3,(H,33,39)(H2,31,32,38). The van der Waals surface area contributed by atoms with Crippen molar-refractivity contribution in [3.8, 4) is 0 Å². The topological polar surface area (TPSA) is 134 Å². The van der Waals surface area contributed by atoms with Crippen LogP contribution in [0.1, 0.15) is 32.9 Å². The zero-order valence-corrected chi connectivity index (χ0v) is 21.5. The van der Waals surface area contributed by atoms with E-state index in [0.717, 1.165) is 11.0 Å². The molecular formula is C29H24FN5O5. The molecule has 5 rings (SSSR count). The summed E-state index contributed by atoms with van der Waals surface area (Å²) in [5, 5.41) is 11.5. The first-order chi connectivity index (χ1) is 19.2. The van der Waals surface area contributed by atoms with E-state index >= 15 is 0 Å². The SMILES string of the molecule is Cc1noc(C)c1NC(=O)Nc1ccc(C(=O)CN2C(=O)NC(c3ccccc3)(c3ccccc3)C2=O)c(F)c1. The van der Waals surface area contributed by atoms with E-state index in [0.29, 0.717) is 28.3 Å². The number of rotatable bonds is 7. The highest BCUT2D eigenvalue weighted by atomic mass is 19.1. The van der Waals surface area contributed by atoms with Crippen LogP contribution < -0.4 is 16.0 Å². The van der Waals surface area contributed by atoms with Crippen LogP contribution in [0.4, 0.5) is 25.4 Å². The van der Waals surface area contributed by atoms with Gasteiger partial charge in [0.05, 0.1) is 12.1 Å². The lowest BCUT2D eigenvalue weighted by Crippen LogP contribution is -2.45. The second kappa shape index (κ2) is 10.4. The highest BCUT2D eigenvalue weighted by molar-refractivity contribution is 6.13. The number of imide groups is 1. The Balaban J connectivity index is 1.34. The fourth-order valence-electron chi connectivity index (χ4n) is 4.64. The summed E-state index contributed by atoms with van der Waals surface area (Å²) in [6.45, 7) is 2.61. The van der Waals surface area contributed by atoms with Gasteiger partial charge in [-0.05, 0) is 43.2 Å². The van der Waals surface area contributed by atoms with Crippen molar-refractivity contribution in [2.45, 2.75) is 19.4 Å². The van der Waals surface area contributed by atoms with E-state index < -0.39 is 41.7 Å². The molecule has 1 aliphatic heterocycles. The molecule has 10 nitrogen and oxygen atoms in total. The Labute approximate surface area is 228 Å². The lowest BCUT2D eigenvalue weighted by atomic mass is 9.82.